The number of ether oxygens (including phenoxy) is 2. The van der Waals surface area contributed by atoms with E-state index >= 15 is 0 Å². The minimum Gasteiger partial charge on any atom is -0.493 e. The maximum atomic E-state index is 13.4. The first-order valence-electron chi connectivity index (χ1n) is 11.4. The smallest absolute Gasteiger partial charge is 0.343 e. The third-order valence-corrected chi connectivity index (χ3v) is 6.75. The van der Waals surface area contributed by atoms with Crippen molar-refractivity contribution < 1.29 is 19.4 Å². The number of carbonyl (C=O) groups excluding carboxylic acids is 1. The maximum absolute atomic E-state index is 13.4. The molecular weight excluding hydrogens is 422 g/mol. The van der Waals surface area contributed by atoms with E-state index in [0.29, 0.717) is 42.2 Å². The SMILES string of the molecule is CCc1c2c(nc3cccc(OCCCN)c13)-c1cc3c(c(=O)n1C2)COC(=O)[C@]3(O)CC. The molecule has 3 N–H and O–H groups in total. The summed E-state index contributed by atoms with van der Waals surface area (Å²) in [7, 11) is 0. The molecule has 0 unspecified atom stereocenters. The van der Waals surface area contributed by atoms with Crippen LogP contribution in [0.4, 0.5) is 0 Å². The molecule has 8 nitrogen and oxygen atoms in total. The highest BCUT2D eigenvalue weighted by atomic mass is 16.6. The Morgan fingerprint density at radius 1 is 1.27 bits per heavy atom. The number of pyridine rings is 2. The van der Waals surface area contributed by atoms with Crippen molar-refractivity contribution in [3.05, 3.63) is 56.9 Å². The fourth-order valence-corrected chi connectivity index (χ4v) is 4.97. The van der Waals surface area contributed by atoms with Gasteiger partial charge in [-0.1, -0.05) is 19.9 Å². The van der Waals surface area contributed by atoms with Crippen molar-refractivity contribution in [3.8, 4) is 17.1 Å². The van der Waals surface area contributed by atoms with Gasteiger partial charge < -0.3 is 24.9 Å². The van der Waals surface area contributed by atoms with E-state index in [9.17, 15) is 14.7 Å². The minimum atomic E-state index is -1.83. The van der Waals surface area contributed by atoms with E-state index in [-0.39, 0.29) is 18.6 Å². The third-order valence-electron chi connectivity index (χ3n) is 6.75. The molecule has 0 saturated carbocycles. The summed E-state index contributed by atoms with van der Waals surface area (Å²) >= 11 is 0. The van der Waals surface area contributed by atoms with E-state index in [1.165, 1.54) is 0 Å². The second-order valence-electron chi connectivity index (χ2n) is 8.52. The normalized spacial score (nSPS) is 18.6. The van der Waals surface area contributed by atoms with Crippen LogP contribution in [-0.2, 0) is 34.7 Å². The molecule has 5 rings (SSSR count). The number of rotatable bonds is 6. The number of aliphatic hydroxyl groups is 1. The third kappa shape index (κ3) is 3.08. The zero-order chi connectivity index (χ0) is 23.3. The number of aryl methyl sites for hydroxylation is 1. The summed E-state index contributed by atoms with van der Waals surface area (Å²) in [5, 5.41) is 12.0. The van der Waals surface area contributed by atoms with Crippen molar-refractivity contribution in [2.75, 3.05) is 13.2 Å². The van der Waals surface area contributed by atoms with Crippen LogP contribution < -0.4 is 16.0 Å². The van der Waals surface area contributed by atoms with Crippen molar-refractivity contribution in [3.63, 3.8) is 0 Å². The lowest BCUT2D eigenvalue weighted by molar-refractivity contribution is -0.172. The van der Waals surface area contributed by atoms with Crippen LogP contribution in [0.5, 0.6) is 5.75 Å². The molecule has 172 valence electrons. The Bertz CT molecular complexity index is 1350. The highest BCUT2D eigenvalue weighted by Gasteiger charge is 2.45. The standard InChI is InChI=1S/C25H27N3O5/c1-3-14-15-12-28-19(11-17-16(23(28)29)13-33-24(30)25(17,31)4-2)22(15)27-18-7-5-8-20(21(14)18)32-10-6-9-26/h5,7-8,11,31H,3-4,6,9-10,12-13,26H2,1-2H3/t25-/m0/s1. The predicted octanol–water partition coefficient (Wildman–Crippen LogP) is 2.37. The molecule has 0 aliphatic carbocycles. The molecule has 0 spiro atoms. The number of nitrogens with zero attached hydrogens (tertiary/aromatic N) is 2. The number of aromatic nitrogens is 2. The number of esters is 1. The average Bonchev–Trinajstić information content (AvgIpc) is 3.19. The molecule has 0 saturated heterocycles. The minimum absolute atomic E-state index is 0.115. The molecule has 33 heavy (non-hydrogen) atoms. The topological polar surface area (TPSA) is 117 Å². The van der Waals surface area contributed by atoms with E-state index < -0.39 is 11.6 Å². The maximum Gasteiger partial charge on any atom is 0.343 e. The van der Waals surface area contributed by atoms with Gasteiger partial charge in [0.15, 0.2) is 5.60 Å². The van der Waals surface area contributed by atoms with Gasteiger partial charge in [-0.25, -0.2) is 9.78 Å². The number of hydrogen-bond acceptors (Lipinski definition) is 7. The Morgan fingerprint density at radius 3 is 2.82 bits per heavy atom. The highest BCUT2D eigenvalue weighted by Crippen LogP contribution is 2.41. The van der Waals surface area contributed by atoms with Crippen LogP contribution >= 0.6 is 0 Å². The van der Waals surface area contributed by atoms with Crippen LogP contribution in [0, 0.1) is 0 Å². The fraction of sp³-hybridized carbons (Fsp3) is 0.400. The Morgan fingerprint density at radius 2 is 2.09 bits per heavy atom. The molecule has 0 radical (unpaired) electrons. The van der Waals surface area contributed by atoms with E-state index in [1.807, 2.05) is 18.2 Å². The summed E-state index contributed by atoms with van der Waals surface area (Å²) in [6.45, 7) is 5.08. The predicted molar refractivity (Wildman–Crippen MR) is 123 cm³/mol. The molecule has 2 aromatic heterocycles. The van der Waals surface area contributed by atoms with Gasteiger partial charge in [0.25, 0.3) is 5.56 Å². The number of nitrogens with two attached hydrogens (primary N) is 1. The van der Waals surface area contributed by atoms with Crippen LogP contribution in [0.1, 0.15) is 48.9 Å². The lowest BCUT2D eigenvalue weighted by Gasteiger charge is -2.31. The Labute approximate surface area is 191 Å². The molecule has 2 aliphatic heterocycles. The second-order valence-corrected chi connectivity index (χ2v) is 8.52. The number of hydrogen-bond donors (Lipinski definition) is 2. The lowest BCUT2D eigenvalue weighted by atomic mass is 9.86. The van der Waals surface area contributed by atoms with Gasteiger partial charge >= 0.3 is 5.97 Å². The van der Waals surface area contributed by atoms with Crippen LogP contribution in [0.2, 0.25) is 0 Å². The average molecular weight is 450 g/mol. The van der Waals surface area contributed by atoms with Gasteiger partial charge in [0.05, 0.1) is 35.6 Å². The molecule has 0 amide bonds. The Balaban J connectivity index is 1.74. The van der Waals surface area contributed by atoms with Gasteiger partial charge in [0, 0.05) is 16.5 Å². The Kier molecular flexibility index (Phi) is 5.22. The van der Waals surface area contributed by atoms with Crippen LogP contribution in [-0.4, -0.2) is 33.8 Å². The highest BCUT2D eigenvalue weighted by molar-refractivity contribution is 5.93. The summed E-state index contributed by atoms with van der Waals surface area (Å²) in [4.78, 5) is 30.7. The van der Waals surface area contributed by atoms with Crippen molar-refractivity contribution in [1.82, 2.24) is 9.55 Å². The summed E-state index contributed by atoms with van der Waals surface area (Å²) in [6.07, 6.45) is 1.61. The molecule has 0 fully saturated rings. The zero-order valence-electron chi connectivity index (χ0n) is 18.8. The molecule has 0 bridgehead atoms. The number of benzene rings is 1. The molecule has 4 heterocycles. The van der Waals surface area contributed by atoms with Crippen molar-refractivity contribution >= 4 is 16.9 Å². The van der Waals surface area contributed by atoms with Gasteiger partial charge in [-0.15, -0.1) is 0 Å². The Hall–Kier alpha value is -3.23. The molecule has 1 atom stereocenters. The van der Waals surface area contributed by atoms with Crippen molar-refractivity contribution in [2.45, 2.75) is 51.9 Å². The van der Waals surface area contributed by atoms with Gasteiger partial charge in [-0.05, 0) is 49.6 Å². The van der Waals surface area contributed by atoms with E-state index in [0.717, 1.165) is 40.6 Å². The molecule has 2 aliphatic rings. The van der Waals surface area contributed by atoms with E-state index in [2.05, 4.69) is 6.92 Å². The molecule has 1 aromatic carbocycles. The van der Waals surface area contributed by atoms with Gasteiger partial charge in [-0.3, -0.25) is 4.79 Å². The van der Waals surface area contributed by atoms with Crippen LogP contribution in [0.25, 0.3) is 22.3 Å². The van der Waals surface area contributed by atoms with Gasteiger partial charge in [0.1, 0.15) is 12.4 Å². The fourth-order valence-electron chi connectivity index (χ4n) is 4.97. The first kappa shape index (κ1) is 21.6. The summed E-state index contributed by atoms with van der Waals surface area (Å²) in [5.41, 5.74) is 8.31. The van der Waals surface area contributed by atoms with Crippen LogP contribution in [0.3, 0.4) is 0 Å². The largest absolute Gasteiger partial charge is 0.493 e. The van der Waals surface area contributed by atoms with E-state index in [4.69, 9.17) is 20.2 Å². The van der Waals surface area contributed by atoms with Crippen LogP contribution in [0.15, 0.2) is 29.1 Å². The quantitative estimate of drug-likeness (QED) is 0.343. The second kappa shape index (κ2) is 7.97. The number of fused-ring (bicyclic) bond motifs is 5. The zero-order valence-corrected chi connectivity index (χ0v) is 18.8. The number of carbonyl (C=O) groups is 1. The summed E-state index contributed by atoms with van der Waals surface area (Å²) in [6, 6.07) is 7.51. The van der Waals surface area contributed by atoms with Crippen molar-refractivity contribution in [2.24, 2.45) is 5.73 Å². The molecule has 8 heteroatoms. The number of cyclic esters (lactones) is 1. The van der Waals surface area contributed by atoms with Crippen molar-refractivity contribution in [1.29, 1.82) is 0 Å². The summed E-state index contributed by atoms with van der Waals surface area (Å²) < 4.78 is 12.8. The van der Waals surface area contributed by atoms with E-state index in [1.54, 1.807) is 17.6 Å². The van der Waals surface area contributed by atoms with Gasteiger partial charge in [0.2, 0.25) is 0 Å². The molecular formula is C25H27N3O5. The van der Waals surface area contributed by atoms with Gasteiger partial charge in [-0.2, -0.15) is 0 Å². The first-order valence-corrected chi connectivity index (χ1v) is 11.4. The first-order chi connectivity index (χ1) is 15.9. The molecule has 3 aromatic rings. The lowest BCUT2D eigenvalue weighted by Crippen LogP contribution is -2.44. The monoisotopic (exact) mass is 449 g/mol. The summed E-state index contributed by atoms with van der Waals surface area (Å²) in [5.74, 6) is 0.0371.